The molecule has 2 fully saturated rings. The summed E-state index contributed by atoms with van der Waals surface area (Å²) in [5, 5.41) is 7.74. The third-order valence-electron chi connectivity index (χ3n) is 3.43. The number of rotatable bonds is 4. The van der Waals surface area contributed by atoms with Crippen LogP contribution < -0.4 is 5.73 Å². The van der Waals surface area contributed by atoms with E-state index in [0.717, 1.165) is 0 Å². The minimum Gasteiger partial charge on any atom is -0.415 e. The van der Waals surface area contributed by atoms with Crippen LogP contribution in [-0.4, -0.2) is 57.7 Å². The zero-order valence-corrected chi connectivity index (χ0v) is 11.8. The molecule has 0 unspecified atom stereocenters. The monoisotopic (exact) mass is 333 g/mol. The van der Waals surface area contributed by atoms with Gasteiger partial charge in [-0.15, -0.1) is 14.5 Å². The van der Waals surface area contributed by atoms with Crippen LogP contribution in [0.4, 0.5) is 4.79 Å². The van der Waals surface area contributed by atoms with Gasteiger partial charge in [-0.3, -0.25) is 9.35 Å². The number of primary amides is 1. The molecule has 22 heavy (non-hydrogen) atoms. The van der Waals surface area contributed by atoms with Crippen molar-refractivity contribution in [2.24, 2.45) is 5.73 Å². The van der Waals surface area contributed by atoms with Crippen molar-refractivity contribution < 1.29 is 31.3 Å². The Morgan fingerprint density at radius 1 is 1.41 bits per heavy atom. The van der Waals surface area contributed by atoms with Crippen LogP contribution in [0, 0.1) is 0 Å². The minimum absolute atomic E-state index is 0.0225. The Bertz CT molecular complexity index is 730. The zero-order chi connectivity index (χ0) is 16.1. The molecule has 0 aliphatic carbocycles. The van der Waals surface area contributed by atoms with Gasteiger partial charge >= 0.3 is 28.2 Å². The van der Waals surface area contributed by atoms with Crippen molar-refractivity contribution in [2.75, 3.05) is 6.54 Å². The smallest absolute Gasteiger partial charge is 0.415 e. The van der Waals surface area contributed by atoms with Gasteiger partial charge in [0.2, 0.25) is 5.89 Å². The molecule has 3 heterocycles. The Morgan fingerprint density at radius 3 is 2.73 bits per heavy atom. The summed E-state index contributed by atoms with van der Waals surface area (Å²) in [5.74, 6) is -1.25. The maximum absolute atomic E-state index is 12.2. The molecule has 0 aromatic carbocycles. The topological polar surface area (TPSA) is 169 Å². The number of carbonyl (C=O) groups is 2. The lowest BCUT2D eigenvalue weighted by Crippen LogP contribution is -2.35. The van der Waals surface area contributed by atoms with Crippen molar-refractivity contribution in [3.63, 3.8) is 0 Å². The van der Waals surface area contributed by atoms with E-state index >= 15 is 0 Å². The molecule has 2 aliphatic heterocycles. The third-order valence-corrected chi connectivity index (χ3v) is 3.78. The normalized spacial score (nSPS) is 24.9. The first-order valence-corrected chi connectivity index (χ1v) is 7.53. The maximum atomic E-state index is 12.2. The van der Waals surface area contributed by atoms with Gasteiger partial charge in [0.05, 0.1) is 6.04 Å². The Morgan fingerprint density at radius 2 is 2.14 bits per heavy atom. The number of nitrogens with zero attached hydrogens (tertiary/aromatic N) is 4. The molecule has 0 saturated carbocycles. The second-order valence-electron chi connectivity index (χ2n) is 4.82. The molecule has 2 aliphatic rings. The van der Waals surface area contributed by atoms with Gasteiger partial charge in [0.15, 0.2) is 0 Å². The molecule has 13 heteroatoms. The first kappa shape index (κ1) is 14.7. The van der Waals surface area contributed by atoms with E-state index in [4.69, 9.17) is 14.7 Å². The summed E-state index contributed by atoms with van der Waals surface area (Å²) in [6.07, 6.45) is 0.777. The summed E-state index contributed by atoms with van der Waals surface area (Å²) >= 11 is 0. The summed E-state index contributed by atoms with van der Waals surface area (Å²) in [6.45, 7) is 0.160. The van der Waals surface area contributed by atoms with Crippen LogP contribution in [0.5, 0.6) is 0 Å². The molecule has 1 aromatic heterocycles. The second-order valence-corrected chi connectivity index (χ2v) is 5.82. The summed E-state index contributed by atoms with van der Waals surface area (Å²) < 4.78 is 39.7. The molecular weight excluding hydrogens is 322 g/mol. The van der Waals surface area contributed by atoms with E-state index in [1.54, 1.807) is 0 Å². The number of aromatic nitrogens is 2. The number of nitrogens with two attached hydrogens (primary N) is 1. The van der Waals surface area contributed by atoms with E-state index < -0.39 is 34.4 Å². The maximum Gasteiger partial charge on any atom is 0.418 e. The van der Waals surface area contributed by atoms with Gasteiger partial charge < -0.3 is 15.1 Å². The largest absolute Gasteiger partial charge is 0.418 e. The molecule has 2 atom stereocenters. The Kier molecular flexibility index (Phi) is 3.26. The first-order valence-electron chi connectivity index (χ1n) is 6.16. The van der Waals surface area contributed by atoms with E-state index in [1.165, 1.54) is 4.90 Å². The van der Waals surface area contributed by atoms with Gasteiger partial charge in [-0.2, -0.15) is 13.5 Å². The van der Waals surface area contributed by atoms with E-state index in [0.29, 0.717) is 17.9 Å². The van der Waals surface area contributed by atoms with Crippen LogP contribution in [0.3, 0.4) is 0 Å². The van der Waals surface area contributed by atoms with Gasteiger partial charge in [-0.25, -0.2) is 4.79 Å². The lowest BCUT2D eigenvalue weighted by molar-refractivity contribution is -0.0317. The fraction of sp³-hybridized carbons (Fsp3) is 0.556. The highest BCUT2D eigenvalue weighted by Gasteiger charge is 2.49. The molecule has 0 spiro atoms. The number of hydrogen-bond donors (Lipinski definition) is 2. The second kappa shape index (κ2) is 4.89. The Balaban J connectivity index is 1.83. The number of piperidine rings is 1. The average Bonchev–Trinajstić information content (AvgIpc) is 2.99. The molecule has 3 N–H and O–H groups in total. The fourth-order valence-electron chi connectivity index (χ4n) is 2.56. The number of hydroxylamine groups is 2. The van der Waals surface area contributed by atoms with Gasteiger partial charge in [-0.05, 0) is 12.8 Å². The van der Waals surface area contributed by atoms with Crippen molar-refractivity contribution >= 4 is 22.3 Å². The van der Waals surface area contributed by atoms with E-state index in [9.17, 15) is 18.0 Å². The Labute approximate surface area is 123 Å². The van der Waals surface area contributed by atoms with Crippen LogP contribution in [0.25, 0.3) is 0 Å². The summed E-state index contributed by atoms with van der Waals surface area (Å²) in [4.78, 5) is 24.4. The highest BCUT2D eigenvalue weighted by molar-refractivity contribution is 7.80. The van der Waals surface area contributed by atoms with Gasteiger partial charge in [-0.1, -0.05) is 0 Å². The fourth-order valence-corrected chi connectivity index (χ4v) is 2.95. The lowest BCUT2D eigenvalue weighted by Gasteiger charge is -2.27. The minimum atomic E-state index is -4.80. The van der Waals surface area contributed by atoms with Crippen LogP contribution >= 0.6 is 0 Å². The van der Waals surface area contributed by atoms with E-state index in [-0.39, 0.29) is 18.3 Å². The number of carbonyl (C=O) groups excluding carboxylic acids is 2. The van der Waals surface area contributed by atoms with Crippen LogP contribution in [0.1, 0.15) is 35.5 Å². The number of fused-ring (bicyclic) bond motifs is 2. The third kappa shape index (κ3) is 2.49. The summed E-state index contributed by atoms with van der Waals surface area (Å²) in [5.41, 5.74) is 5.01. The lowest BCUT2D eigenvalue weighted by atomic mass is 10.0. The van der Waals surface area contributed by atoms with Crippen molar-refractivity contribution in [3.8, 4) is 0 Å². The number of urea groups is 1. The molecule has 120 valence electrons. The molecular formula is C9H11N5O7S. The van der Waals surface area contributed by atoms with Crippen molar-refractivity contribution in [1.82, 2.24) is 20.2 Å². The first-order chi connectivity index (χ1) is 10.3. The molecule has 3 rings (SSSR count). The molecule has 2 bridgehead atoms. The molecule has 3 amide bonds. The summed E-state index contributed by atoms with van der Waals surface area (Å²) in [6, 6.07) is -1.91. The predicted molar refractivity (Wildman–Crippen MR) is 65.2 cm³/mol. The Hall–Kier alpha value is -2.25. The summed E-state index contributed by atoms with van der Waals surface area (Å²) in [7, 11) is -4.80. The van der Waals surface area contributed by atoms with Gasteiger partial charge in [0, 0.05) is 6.54 Å². The van der Waals surface area contributed by atoms with E-state index in [1.807, 2.05) is 0 Å². The SMILES string of the molecule is NC(=O)c1nnc([C@H]2CC[C@@H]3CN2C(=O)N3OS(=O)(=O)O)o1. The van der Waals surface area contributed by atoms with Gasteiger partial charge in [0.25, 0.3) is 0 Å². The molecule has 2 saturated heterocycles. The predicted octanol–water partition coefficient (Wildman–Crippen LogP) is -1.16. The van der Waals surface area contributed by atoms with Crippen molar-refractivity contribution in [3.05, 3.63) is 11.8 Å². The van der Waals surface area contributed by atoms with Crippen molar-refractivity contribution in [1.29, 1.82) is 0 Å². The highest BCUT2D eigenvalue weighted by Crippen LogP contribution is 2.38. The average molecular weight is 333 g/mol. The molecule has 1 aromatic rings. The number of amides is 3. The van der Waals surface area contributed by atoms with E-state index in [2.05, 4.69) is 14.5 Å². The van der Waals surface area contributed by atoms with Crippen molar-refractivity contribution in [2.45, 2.75) is 24.9 Å². The number of hydrogen-bond acceptors (Lipinski definition) is 8. The molecule has 12 nitrogen and oxygen atoms in total. The molecule has 0 radical (unpaired) electrons. The van der Waals surface area contributed by atoms with Crippen LogP contribution in [-0.2, 0) is 14.7 Å². The van der Waals surface area contributed by atoms with Crippen LogP contribution in [0.15, 0.2) is 4.42 Å². The zero-order valence-electron chi connectivity index (χ0n) is 10.9. The standard InChI is InChI=1S/C9H11N5O7S/c10-6(15)8-12-11-7(20-8)5-2-1-4-3-13(5)9(16)14(4)21-22(17,18)19/h4-5H,1-3H2,(H2,10,15)(H,17,18,19)/t4-,5-/m1/s1. The quantitative estimate of drug-likeness (QED) is 0.645. The van der Waals surface area contributed by atoms with Crippen LogP contribution in [0.2, 0.25) is 0 Å². The highest BCUT2D eigenvalue weighted by atomic mass is 32.3. The van der Waals surface area contributed by atoms with Gasteiger partial charge in [0.1, 0.15) is 6.04 Å².